The fraction of sp³-hybridized carbons (Fsp3) is 0.704. The second-order valence-corrected chi connectivity index (χ2v) is 9.51. The third kappa shape index (κ3) is 16.1. The first-order valence-electron chi connectivity index (χ1n) is 12.8. The van der Waals surface area contributed by atoms with E-state index in [2.05, 4.69) is 6.92 Å². The number of ether oxygens (including phenoxy) is 2. The minimum Gasteiger partial charge on any atom is -0.466 e. The fourth-order valence-electron chi connectivity index (χ4n) is 3.68. The lowest BCUT2D eigenvalue weighted by molar-refractivity contribution is -0.144. The van der Waals surface area contributed by atoms with Gasteiger partial charge in [-0.1, -0.05) is 120 Å². The minimum absolute atomic E-state index is 0.107. The summed E-state index contributed by atoms with van der Waals surface area (Å²) >= 11 is 12.0. The fourth-order valence-corrected chi connectivity index (χ4v) is 4.15. The van der Waals surface area contributed by atoms with Gasteiger partial charge in [0.15, 0.2) is 5.75 Å². The molecule has 0 N–H and O–H groups in total. The summed E-state index contributed by atoms with van der Waals surface area (Å²) in [5.41, 5.74) is 0. The van der Waals surface area contributed by atoms with E-state index in [9.17, 15) is 9.59 Å². The molecule has 0 unspecified atom stereocenters. The maximum absolute atomic E-state index is 11.9. The molecule has 0 aliphatic heterocycles. The highest BCUT2D eigenvalue weighted by Crippen LogP contribution is 2.32. The van der Waals surface area contributed by atoms with Gasteiger partial charge in [0.2, 0.25) is 0 Å². The Morgan fingerprint density at radius 3 is 1.64 bits per heavy atom. The van der Waals surface area contributed by atoms with E-state index in [0.717, 1.165) is 12.8 Å². The number of hydrogen-bond acceptors (Lipinski definition) is 4. The van der Waals surface area contributed by atoms with Crippen molar-refractivity contribution in [3.05, 3.63) is 28.2 Å². The molecule has 1 aromatic rings. The van der Waals surface area contributed by atoms with Crippen LogP contribution in [0.25, 0.3) is 0 Å². The molecule has 0 saturated carbocycles. The molecule has 0 aromatic heterocycles. The number of para-hydroxylation sites is 1. The highest BCUT2D eigenvalue weighted by Gasteiger charge is 2.13. The zero-order valence-corrected chi connectivity index (χ0v) is 21.9. The third-order valence-electron chi connectivity index (χ3n) is 5.66. The normalized spacial score (nSPS) is 10.9. The standard InChI is InChI=1S/C27H42Cl2O4/c1-2-3-4-5-6-7-8-9-10-11-12-13-14-15-22-32-25(30)20-17-21-26(31)33-27-23(28)18-16-19-24(27)29/h16,18-19H,2-15,17,20-22H2,1H3. The molecule has 33 heavy (non-hydrogen) atoms. The largest absolute Gasteiger partial charge is 0.466 e. The van der Waals surface area contributed by atoms with Gasteiger partial charge >= 0.3 is 11.9 Å². The molecule has 0 spiro atoms. The van der Waals surface area contributed by atoms with Crippen molar-refractivity contribution in [1.29, 1.82) is 0 Å². The van der Waals surface area contributed by atoms with Crippen LogP contribution in [0, 0.1) is 0 Å². The molecule has 1 aromatic carbocycles. The monoisotopic (exact) mass is 500 g/mol. The third-order valence-corrected chi connectivity index (χ3v) is 6.25. The van der Waals surface area contributed by atoms with Crippen LogP contribution in [-0.2, 0) is 14.3 Å². The van der Waals surface area contributed by atoms with E-state index in [-0.39, 0.29) is 34.6 Å². The van der Waals surface area contributed by atoms with E-state index in [1.807, 2.05) is 0 Å². The molecule has 0 bridgehead atoms. The van der Waals surface area contributed by atoms with E-state index in [1.54, 1.807) is 18.2 Å². The summed E-state index contributed by atoms with van der Waals surface area (Å²) in [7, 11) is 0. The lowest BCUT2D eigenvalue weighted by atomic mass is 10.0. The van der Waals surface area contributed by atoms with Gasteiger partial charge in [0.05, 0.1) is 16.7 Å². The second kappa shape index (κ2) is 20.1. The zero-order valence-electron chi connectivity index (χ0n) is 20.3. The van der Waals surface area contributed by atoms with Gasteiger partial charge in [0.1, 0.15) is 0 Å². The summed E-state index contributed by atoms with van der Waals surface area (Å²) < 4.78 is 10.4. The quantitative estimate of drug-likeness (QED) is 0.102. The molecule has 1 rings (SSSR count). The summed E-state index contributed by atoms with van der Waals surface area (Å²) in [6, 6.07) is 4.88. The van der Waals surface area contributed by atoms with Gasteiger partial charge < -0.3 is 9.47 Å². The van der Waals surface area contributed by atoms with E-state index >= 15 is 0 Å². The van der Waals surface area contributed by atoms with Crippen LogP contribution in [0.3, 0.4) is 0 Å². The van der Waals surface area contributed by atoms with Crippen molar-refractivity contribution in [3.63, 3.8) is 0 Å². The Labute approximate surface area is 210 Å². The van der Waals surface area contributed by atoms with Crippen LogP contribution in [0.1, 0.15) is 116 Å². The van der Waals surface area contributed by atoms with Crippen LogP contribution in [0.15, 0.2) is 18.2 Å². The molecule has 0 saturated heterocycles. The Kier molecular flexibility index (Phi) is 18.2. The van der Waals surface area contributed by atoms with Crippen LogP contribution in [0.2, 0.25) is 10.0 Å². The molecular formula is C27H42Cl2O4. The molecular weight excluding hydrogens is 459 g/mol. The number of unbranched alkanes of at least 4 members (excludes halogenated alkanes) is 13. The summed E-state index contributed by atoms with van der Waals surface area (Å²) in [5.74, 6) is -0.579. The lowest BCUT2D eigenvalue weighted by Gasteiger charge is -2.08. The van der Waals surface area contributed by atoms with Crippen LogP contribution in [-0.4, -0.2) is 18.5 Å². The molecule has 0 radical (unpaired) electrons. The van der Waals surface area contributed by atoms with Crippen LogP contribution in [0.5, 0.6) is 5.75 Å². The summed E-state index contributed by atoms with van der Waals surface area (Å²) in [6.45, 7) is 2.72. The summed E-state index contributed by atoms with van der Waals surface area (Å²) in [6.07, 6.45) is 18.9. The van der Waals surface area contributed by atoms with Gasteiger partial charge in [-0.15, -0.1) is 0 Å². The predicted octanol–water partition coefficient (Wildman–Crippen LogP) is 9.09. The maximum atomic E-state index is 11.9. The topological polar surface area (TPSA) is 52.6 Å². The van der Waals surface area contributed by atoms with Crippen molar-refractivity contribution in [2.45, 2.75) is 116 Å². The molecule has 0 aliphatic rings. The Morgan fingerprint density at radius 1 is 0.667 bits per heavy atom. The molecule has 0 atom stereocenters. The van der Waals surface area contributed by atoms with Crippen molar-refractivity contribution >= 4 is 35.1 Å². The number of halogens is 2. The first-order chi connectivity index (χ1) is 16.0. The van der Waals surface area contributed by atoms with Gasteiger partial charge in [0, 0.05) is 12.8 Å². The first kappa shape index (κ1) is 29.8. The highest BCUT2D eigenvalue weighted by atomic mass is 35.5. The van der Waals surface area contributed by atoms with Gasteiger partial charge in [0.25, 0.3) is 0 Å². The number of benzene rings is 1. The van der Waals surface area contributed by atoms with Crippen molar-refractivity contribution < 1.29 is 19.1 Å². The average molecular weight is 502 g/mol. The Hall–Kier alpha value is -1.26. The summed E-state index contributed by atoms with van der Waals surface area (Å²) in [5, 5.41) is 0.562. The van der Waals surface area contributed by atoms with Crippen LogP contribution in [0.4, 0.5) is 0 Å². The van der Waals surface area contributed by atoms with Crippen molar-refractivity contribution in [1.82, 2.24) is 0 Å². The number of carbonyl (C=O) groups is 2. The minimum atomic E-state index is -0.468. The molecule has 0 amide bonds. The number of carbonyl (C=O) groups excluding carboxylic acids is 2. The van der Waals surface area contributed by atoms with Crippen molar-refractivity contribution in [2.75, 3.05) is 6.61 Å². The predicted molar refractivity (Wildman–Crippen MR) is 137 cm³/mol. The van der Waals surface area contributed by atoms with Crippen molar-refractivity contribution in [2.24, 2.45) is 0 Å². The van der Waals surface area contributed by atoms with E-state index in [1.165, 1.54) is 77.0 Å². The zero-order chi connectivity index (χ0) is 24.2. The van der Waals surface area contributed by atoms with Crippen LogP contribution < -0.4 is 4.74 Å². The van der Waals surface area contributed by atoms with E-state index in [4.69, 9.17) is 32.7 Å². The van der Waals surface area contributed by atoms with Gasteiger partial charge in [-0.2, -0.15) is 0 Å². The molecule has 4 nitrogen and oxygen atoms in total. The SMILES string of the molecule is CCCCCCCCCCCCCCCCOC(=O)CCCC(=O)Oc1c(Cl)cccc1Cl. The van der Waals surface area contributed by atoms with E-state index in [0.29, 0.717) is 13.0 Å². The van der Waals surface area contributed by atoms with Gasteiger partial charge in [-0.05, 0) is 25.0 Å². The Balaban J connectivity index is 1.89. The van der Waals surface area contributed by atoms with Gasteiger partial charge in [-0.3, -0.25) is 9.59 Å². The molecule has 188 valence electrons. The molecule has 0 fully saturated rings. The molecule has 0 aliphatic carbocycles. The lowest BCUT2D eigenvalue weighted by Crippen LogP contribution is -2.11. The van der Waals surface area contributed by atoms with Gasteiger partial charge in [-0.25, -0.2) is 0 Å². The van der Waals surface area contributed by atoms with E-state index < -0.39 is 5.97 Å². The Morgan fingerprint density at radius 2 is 1.12 bits per heavy atom. The first-order valence-corrected chi connectivity index (χ1v) is 13.6. The number of esters is 2. The molecule has 0 heterocycles. The maximum Gasteiger partial charge on any atom is 0.311 e. The summed E-state index contributed by atoms with van der Waals surface area (Å²) in [4.78, 5) is 23.7. The number of rotatable bonds is 20. The number of hydrogen-bond donors (Lipinski definition) is 0. The van der Waals surface area contributed by atoms with Crippen molar-refractivity contribution in [3.8, 4) is 5.75 Å². The second-order valence-electron chi connectivity index (χ2n) is 8.70. The average Bonchev–Trinajstić information content (AvgIpc) is 2.79. The smallest absolute Gasteiger partial charge is 0.311 e. The Bertz CT molecular complexity index is 643. The highest BCUT2D eigenvalue weighted by molar-refractivity contribution is 6.37. The van der Waals surface area contributed by atoms with Crippen LogP contribution >= 0.6 is 23.2 Å². The molecule has 6 heteroatoms.